The Morgan fingerprint density at radius 1 is 1.56 bits per heavy atom. The van der Waals surface area contributed by atoms with Gasteiger partial charge in [0.2, 0.25) is 10.0 Å². The van der Waals surface area contributed by atoms with E-state index in [1.165, 1.54) is 24.2 Å². The van der Waals surface area contributed by atoms with Crippen LogP contribution < -0.4 is 4.72 Å². The first-order valence-electron chi connectivity index (χ1n) is 6.33. The molecule has 0 amide bonds. The highest BCUT2D eigenvalue weighted by molar-refractivity contribution is 7.91. The van der Waals surface area contributed by atoms with Crippen LogP contribution in [0.2, 0.25) is 0 Å². The molecule has 1 aromatic rings. The van der Waals surface area contributed by atoms with Crippen molar-refractivity contribution >= 4 is 21.4 Å². The molecule has 0 spiro atoms. The van der Waals surface area contributed by atoms with Crippen molar-refractivity contribution in [2.75, 3.05) is 26.2 Å². The summed E-state index contributed by atoms with van der Waals surface area (Å²) in [4.78, 5) is 2.34. The smallest absolute Gasteiger partial charge is 0.250 e. The van der Waals surface area contributed by atoms with Crippen molar-refractivity contribution in [2.24, 2.45) is 5.92 Å². The van der Waals surface area contributed by atoms with Gasteiger partial charge in [-0.15, -0.1) is 11.3 Å². The number of nitrogens with zero attached hydrogens (tertiary/aromatic N) is 1. The van der Waals surface area contributed by atoms with Gasteiger partial charge in [0.15, 0.2) is 0 Å². The maximum atomic E-state index is 11.9. The van der Waals surface area contributed by atoms with E-state index in [4.69, 9.17) is 0 Å². The Hall–Kier alpha value is -0.430. The van der Waals surface area contributed by atoms with Crippen LogP contribution in [0.15, 0.2) is 21.7 Å². The van der Waals surface area contributed by atoms with Crippen molar-refractivity contribution in [3.63, 3.8) is 0 Å². The lowest BCUT2D eigenvalue weighted by Crippen LogP contribution is -2.39. The molecule has 102 valence electrons. The number of sulfonamides is 1. The molecule has 1 aliphatic rings. The first-order valence-corrected chi connectivity index (χ1v) is 8.70. The molecule has 6 heteroatoms. The summed E-state index contributed by atoms with van der Waals surface area (Å²) in [5.74, 6) is 0.729. The highest BCUT2D eigenvalue weighted by Crippen LogP contribution is 2.16. The summed E-state index contributed by atoms with van der Waals surface area (Å²) in [6, 6.07) is 3.39. The molecular formula is C12H20N2O2S2. The summed E-state index contributed by atoms with van der Waals surface area (Å²) >= 11 is 1.25. The fraction of sp³-hybridized carbons (Fsp3) is 0.667. The molecule has 1 fully saturated rings. The largest absolute Gasteiger partial charge is 0.302 e. The van der Waals surface area contributed by atoms with Gasteiger partial charge in [-0.3, -0.25) is 0 Å². The third-order valence-electron chi connectivity index (χ3n) is 3.22. The van der Waals surface area contributed by atoms with Crippen LogP contribution in [0.1, 0.15) is 19.8 Å². The van der Waals surface area contributed by atoms with Crippen molar-refractivity contribution in [1.29, 1.82) is 0 Å². The molecule has 0 aromatic carbocycles. The van der Waals surface area contributed by atoms with E-state index in [0.29, 0.717) is 10.8 Å². The Balaban J connectivity index is 1.78. The highest BCUT2D eigenvalue weighted by Gasteiger charge is 2.18. The zero-order chi connectivity index (χ0) is 13.0. The van der Waals surface area contributed by atoms with Crippen molar-refractivity contribution < 1.29 is 8.42 Å². The van der Waals surface area contributed by atoms with E-state index >= 15 is 0 Å². The van der Waals surface area contributed by atoms with E-state index in [1.807, 2.05) is 0 Å². The summed E-state index contributed by atoms with van der Waals surface area (Å²) < 4.78 is 26.8. The maximum Gasteiger partial charge on any atom is 0.250 e. The summed E-state index contributed by atoms with van der Waals surface area (Å²) in [6.07, 6.45) is 2.51. The number of rotatable bonds is 5. The average molecular weight is 288 g/mol. The van der Waals surface area contributed by atoms with Crippen molar-refractivity contribution in [3.8, 4) is 0 Å². The van der Waals surface area contributed by atoms with E-state index in [9.17, 15) is 8.42 Å². The lowest BCUT2D eigenvalue weighted by atomic mass is 10.0. The second-order valence-corrected chi connectivity index (χ2v) is 7.82. The minimum absolute atomic E-state index is 0.398. The van der Waals surface area contributed by atoms with Crippen LogP contribution in [0.4, 0.5) is 0 Å². The van der Waals surface area contributed by atoms with Crippen LogP contribution >= 0.6 is 11.3 Å². The lowest BCUT2D eigenvalue weighted by Gasteiger charge is -2.30. The third kappa shape index (κ3) is 3.78. The van der Waals surface area contributed by atoms with E-state index in [2.05, 4.69) is 16.5 Å². The molecule has 1 aromatic heterocycles. The normalized spacial score (nSPS) is 22.2. The third-order valence-corrected chi connectivity index (χ3v) is 6.08. The van der Waals surface area contributed by atoms with Gasteiger partial charge in [0, 0.05) is 19.6 Å². The van der Waals surface area contributed by atoms with Gasteiger partial charge < -0.3 is 4.90 Å². The Morgan fingerprint density at radius 2 is 2.39 bits per heavy atom. The second kappa shape index (κ2) is 6.14. The quantitative estimate of drug-likeness (QED) is 0.898. The maximum absolute atomic E-state index is 11.9. The first-order chi connectivity index (χ1) is 8.58. The Bertz CT molecular complexity index is 456. The van der Waals surface area contributed by atoms with Crippen LogP contribution in [0, 0.1) is 5.92 Å². The molecule has 0 aliphatic carbocycles. The SMILES string of the molecule is CC1CCCN(CCNS(=O)(=O)c2cccs2)C1. The van der Waals surface area contributed by atoms with Crippen LogP contribution in [-0.2, 0) is 10.0 Å². The monoisotopic (exact) mass is 288 g/mol. The molecule has 1 unspecified atom stereocenters. The molecule has 2 heterocycles. The Morgan fingerprint density at radius 3 is 3.06 bits per heavy atom. The van der Waals surface area contributed by atoms with Crippen LogP contribution in [0.25, 0.3) is 0 Å². The zero-order valence-electron chi connectivity index (χ0n) is 10.6. The highest BCUT2D eigenvalue weighted by atomic mass is 32.2. The molecule has 1 saturated heterocycles. The number of hydrogen-bond acceptors (Lipinski definition) is 4. The summed E-state index contributed by atoms with van der Waals surface area (Å²) in [7, 11) is -3.29. The lowest BCUT2D eigenvalue weighted by molar-refractivity contribution is 0.187. The first kappa shape index (κ1) is 14.0. The minimum Gasteiger partial charge on any atom is -0.302 e. The molecule has 1 aliphatic heterocycles. The van der Waals surface area contributed by atoms with Gasteiger partial charge in [-0.1, -0.05) is 13.0 Å². The van der Waals surface area contributed by atoms with Crippen molar-refractivity contribution in [2.45, 2.75) is 24.0 Å². The van der Waals surface area contributed by atoms with E-state index < -0.39 is 10.0 Å². The summed E-state index contributed by atoms with van der Waals surface area (Å²) in [6.45, 7) is 5.72. The standard InChI is InChI=1S/C12H20N2O2S2/c1-11-4-2-7-14(10-11)8-6-13-18(15,16)12-5-3-9-17-12/h3,5,9,11,13H,2,4,6-8,10H2,1H3. The molecule has 1 atom stereocenters. The van der Waals surface area contributed by atoms with Crippen LogP contribution in [0.3, 0.4) is 0 Å². The van der Waals surface area contributed by atoms with Gasteiger partial charge in [0.1, 0.15) is 4.21 Å². The fourth-order valence-electron chi connectivity index (χ4n) is 2.32. The van der Waals surface area contributed by atoms with Gasteiger partial charge in [-0.2, -0.15) is 0 Å². The van der Waals surface area contributed by atoms with E-state index in [-0.39, 0.29) is 0 Å². The molecule has 18 heavy (non-hydrogen) atoms. The fourth-order valence-corrected chi connectivity index (χ4v) is 4.37. The van der Waals surface area contributed by atoms with Crippen LogP contribution in [0.5, 0.6) is 0 Å². The second-order valence-electron chi connectivity index (χ2n) is 4.88. The van der Waals surface area contributed by atoms with Gasteiger partial charge >= 0.3 is 0 Å². The summed E-state index contributed by atoms with van der Waals surface area (Å²) in [5, 5.41) is 1.78. The topological polar surface area (TPSA) is 49.4 Å². The number of likely N-dealkylation sites (tertiary alicyclic amines) is 1. The Kier molecular flexibility index (Phi) is 4.77. The van der Waals surface area contributed by atoms with Gasteiger partial charge in [0.05, 0.1) is 0 Å². The van der Waals surface area contributed by atoms with Gasteiger partial charge in [-0.05, 0) is 36.8 Å². The predicted molar refractivity (Wildman–Crippen MR) is 74.3 cm³/mol. The molecule has 2 rings (SSSR count). The van der Waals surface area contributed by atoms with Gasteiger partial charge in [0.25, 0.3) is 0 Å². The molecule has 4 nitrogen and oxygen atoms in total. The Labute approximate surface area is 113 Å². The molecule has 0 radical (unpaired) electrons. The van der Waals surface area contributed by atoms with Gasteiger partial charge in [-0.25, -0.2) is 13.1 Å². The van der Waals surface area contributed by atoms with E-state index in [0.717, 1.165) is 25.6 Å². The minimum atomic E-state index is -3.29. The molecule has 1 N–H and O–H groups in total. The molecule has 0 saturated carbocycles. The number of nitrogens with one attached hydrogen (secondary N) is 1. The summed E-state index contributed by atoms with van der Waals surface area (Å²) in [5.41, 5.74) is 0. The van der Waals surface area contributed by atoms with Crippen molar-refractivity contribution in [3.05, 3.63) is 17.5 Å². The molecule has 0 bridgehead atoms. The zero-order valence-corrected chi connectivity index (χ0v) is 12.3. The number of piperidine rings is 1. The average Bonchev–Trinajstić information content (AvgIpc) is 2.83. The number of thiophene rings is 1. The van der Waals surface area contributed by atoms with E-state index in [1.54, 1.807) is 17.5 Å². The molecular weight excluding hydrogens is 268 g/mol. The predicted octanol–water partition coefficient (Wildman–Crippen LogP) is 1.76. The van der Waals surface area contributed by atoms with Crippen LogP contribution in [-0.4, -0.2) is 39.5 Å². The van der Waals surface area contributed by atoms with Crippen molar-refractivity contribution in [1.82, 2.24) is 9.62 Å². The number of hydrogen-bond donors (Lipinski definition) is 1.